The smallest absolute Gasteiger partial charge is 0.415 e. The van der Waals surface area contributed by atoms with Crippen LogP contribution in [-0.4, -0.2) is 65.3 Å². The molecule has 0 aromatic carbocycles. The van der Waals surface area contributed by atoms with Gasteiger partial charge in [0.2, 0.25) is 0 Å². The first-order chi connectivity index (χ1) is 18.2. The Balaban J connectivity index is 2.35. The van der Waals surface area contributed by atoms with E-state index in [0.29, 0.717) is 22.9 Å². The number of aliphatic hydroxyl groups excluding tert-OH is 1. The van der Waals surface area contributed by atoms with Gasteiger partial charge in [-0.15, -0.1) is 0 Å². The molecule has 2 aromatic heterocycles. The normalized spacial score (nSPS) is 11.2. The van der Waals surface area contributed by atoms with Crippen LogP contribution in [0.5, 0.6) is 0 Å². The molecule has 0 radical (unpaired) electrons. The van der Waals surface area contributed by atoms with Gasteiger partial charge in [0.05, 0.1) is 13.2 Å². The lowest BCUT2D eigenvalue weighted by atomic mass is 9.95. The average Bonchev–Trinajstić information content (AvgIpc) is 2.81. The van der Waals surface area contributed by atoms with Gasteiger partial charge in [0.15, 0.2) is 0 Å². The number of nitrogens with one attached hydrogen (secondary N) is 4. The zero-order chi connectivity index (χ0) is 29.5. The van der Waals surface area contributed by atoms with E-state index in [9.17, 15) is 14.7 Å². The molecule has 0 fully saturated rings. The highest BCUT2D eigenvalue weighted by atomic mass is 35.5. The number of rotatable bonds is 10. The van der Waals surface area contributed by atoms with E-state index in [0.717, 1.165) is 5.56 Å². The van der Waals surface area contributed by atoms with Crippen molar-refractivity contribution in [2.45, 2.75) is 60.0 Å². The largest absolute Gasteiger partial charge is 0.443 e. The summed E-state index contributed by atoms with van der Waals surface area (Å²) in [6, 6.07) is 4.10. The minimum absolute atomic E-state index is 0.0502. The van der Waals surface area contributed by atoms with Gasteiger partial charge < -0.3 is 25.9 Å². The lowest BCUT2D eigenvalue weighted by Gasteiger charge is -2.27. The summed E-state index contributed by atoms with van der Waals surface area (Å²) in [5.74, 6) is 1.15. The Morgan fingerprint density at radius 2 is 1.85 bits per heavy atom. The first kappa shape index (κ1) is 31.6. The van der Waals surface area contributed by atoms with Gasteiger partial charge in [0, 0.05) is 36.6 Å². The molecular weight excluding hydrogens is 524 g/mol. The molecule has 0 atom stereocenters. The van der Waals surface area contributed by atoms with Gasteiger partial charge in [-0.25, -0.2) is 25.0 Å². The van der Waals surface area contributed by atoms with Crippen LogP contribution in [0.1, 0.15) is 65.5 Å². The Bertz CT molecular complexity index is 1200. The molecule has 39 heavy (non-hydrogen) atoms. The molecule has 0 aliphatic carbocycles. The fraction of sp³-hybridized carbons (Fsp3) is 0.500. The fourth-order valence-electron chi connectivity index (χ4n) is 3.72. The summed E-state index contributed by atoms with van der Waals surface area (Å²) in [5.41, 5.74) is 4.20. The van der Waals surface area contributed by atoms with E-state index in [4.69, 9.17) is 21.7 Å². The Kier molecular flexibility index (Phi) is 10.9. The van der Waals surface area contributed by atoms with Crippen LogP contribution >= 0.6 is 11.6 Å². The van der Waals surface area contributed by atoms with E-state index in [1.165, 1.54) is 22.0 Å². The van der Waals surface area contributed by atoms with Crippen molar-refractivity contribution in [2.75, 3.05) is 47.3 Å². The van der Waals surface area contributed by atoms with E-state index < -0.39 is 17.7 Å². The van der Waals surface area contributed by atoms with Crippen LogP contribution < -0.4 is 26.0 Å². The Morgan fingerprint density at radius 3 is 2.36 bits per heavy atom. The number of anilines is 4. The molecule has 5 N–H and O–H groups in total. The number of hydrazine groups is 1. The van der Waals surface area contributed by atoms with Gasteiger partial charge >= 0.3 is 12.1 Å². The van der Waals surface area contributed by atoms with E-state index in [-0.39, 0.29) is 42.3 Å². The first-order valence-electron chi connectivity index (χ1n) is 12.6. The van der Waals surface area contributed by atoms with Crippen LogP contribution in [0.3, 0.4) is 0 Å². The second kappa shape index (κ2) is 13.4. The molecule has 12 nitrogen and oxygen atoms in total. The molecule has 3 amide bonds. The summed E-state index contributed by atoms with van der Waals surface area (Å²) in [6.45, 7) is 12.8. The minimum Gasteiger partial charge on any atom is -0.443 e. The van der Waals surface area contributed by atoms with Crippen LogP contribution in [0.25, 0.3) is 0 Å². The van der Waals surface area contributed by atoms with Gasteiger partial charge in [0.25, 0.3) is 0 Å². The highest BCUT2D eigenvalue weighted by Crippen LogP contribution is 2.29. The molecule has 214 valence electrons. The molecule has 0 unspecified atom stereocenters. The number of pyridine rings is 2. The highest BCUT2D eigenvalue weighted by Gasteiger charge is 2.24. The number of halogens is 1. The molecular formula is C26H39ClN8O4. The molecule has 13 heteroatoms. The average molecular weight is 563 g/mol. The quantitative estimate of drug-likeness (QED) is 0.154. The maximum Gasteiger partial charge on any atom is 0.415 e. The van der Waals surface area contributed by atoms with Crippen LogP contribution in [-0.2, 0) is 4.74 Å². The summed E-state index contributed by atoms with van der Waals surface area (Å²) >= 11 is 6.21. The molecule has 2 aromatic rings. The zero-order valence-corrected chi connectivity index (χ0v) is 24.5. The third-order valence-corrected chi connectivity index (χ3v) is 5.55. The van der Waals surface area contributed by atoms with Gasteiger partial charge in [-0.2, -0.15) is 0 Å². The molecule has 2 rings (SSSR count). The standard InChI is InChI=1S/C26H39ClN8O4/c1-9-34(25(38)39-26(5,6)7)20-13-17(12-19(27)31-20)30-24(37)33-35(10-11-36)21-14-18(15(2)3)22(16(4)28)23(29-8)32-21/h12-15,28,36H,9-11H2,1-8H3,(H,29,32)(H2,30,31,33,37). The predicted octanol–water partition coefficient (Wildman–Crippen LogP) is 4.98. The molecule has 2 heterocycles. The second-order valence-corrected chi connectivity index (χ2v) is 10.4. The molecule has 0 spiro atoms. The number of aliphatic hydroxyl groups is 1. The summed E-state index contributed by atoms with van der Waals surface area (Å²) < 4.78 is 5.45. The van der Waals surface area contributed by atoms with Crippen molar-refractivity contribution in [2.24, 2.45) is 0 Å². The highest BCUT2D eigenvalue weighted by molar-refractivity contribution is 6.30. The number of ether oxygens (including phenoxy) is 1. The van der Waals surface area contributed by atoms with Gasteiger partial charge in [0.1, 0.15) is 28.2 Å². The third kappa shape index (κ3) is 8.69. The first-order valence-corrected chi connectivity index (χ1v) is 13.0. The van der Waals surface area contributed by atoms with Crippen molar-refractivity contribution in [3.8, 4) is 0 Å². The maximum absolute atomic E-state index is 13.0. The number of aromatic nitrogens is 2. The van der Waals surface area contributed by atoms with Crippen molar-refractivity contribution in [1.82, 2.24) is 15.4 Å². The number of amides is 3. The number of hydrogen-bond acceptors (Lipinski definition) is 9. The topological polar surface area (TPSA) is 156 Å². The van der Waals surface area contributed by atoms with E-state index in [1.807, 2.05) is 13.8 Å². The summed E-state index contributed by atoms with van der Waals surface area (Å²) in [6.07, 6.45) is -0.597. The molecule has 0 saturated carbocycles. The molecule has 0 saturated heterocycles. The fourth-order valence-corrected chi connectivity index (χ4v) is 3.93. The molecule has 0 aliphatic rings. The van der Waals surface area contributed by atoms with Crippen LogP contribution in [0.2, 0.25) is 5.15 Å². The van der Waals surface area contributed by atoms with Crippen molar-refractivity contribution in [3.63, 3.8) is 0 Å². The van der Waals surface area contributed by atoms with Crippen LogP contribution in [0, 0.1) is 5.41 Å². The number of hydrogen-bond donors (Lipinski definition) is 5. The Morgan fingerprint density at radius 1 is 1.18 bits per heavy atom. The summed E-state index contributed by atoms with van der Waals surface area (Å²) in [5, 5.41) is 25.1. The van der Waals surface area contributed by atoms with Crippen molar-refractivity contribution >= 4 is 52.6 Å². The number of urea groups is 1. The predicted molar refractivity (Wildman–Crippen MR) is 155 cm³/mol. The SMILES string of the molecule is CCN(C(=O)OC(C)(C)C)c1cc(NC(=O)NN(CCO)c2cc(C(C)C)c(C(C)=N)c(NC)n2)cc(Cl)n1. The lowest BCUT2D eigenvalue weighted by Crippen LogP contribution is -2.46. The van der Waals surface area contributed by atoms with Crippen molar-refractivity contribution in [1.29, 1.82) is 5.41 Å². The van der Waals surface area contributed by atoms with E-state index in [1.54, 1.807) is 47.7 Å². The Labute approximate surface area is 234 Å². The monoisotopic (exact) mass is 562 g/mol. The van der Waals surface area contributed by atoms with Crippen molar-refractivity contribution < 1.29 is 19.4 Å². The molecule has 0 bridgehead atoms. The summed E-state index contributed by atoms with van der Waals surface area (Å²) in [7, 11) is 1.71. The lowest BCUT2D eigenvalue weighted by molar-refractivity contribution is 0.0581. The number of carbonyl (C=O) groups is 2. The third-order valence-electron chi connectivity index (χ3n) is 5.35. The minimum atomic E-state index is -0.702. The van der Waals surface area contributed by atoms with Crippen molar-refractivity contribution in [3.05, 3.63) is 34.5 Å². The van der Waals surface area contributed by atoms with Crippen LogP contribution in [0.4, 0.5) is 32.7 Å². The molecule has 0 aliphatic heterocycles. The van der Waals surface area contributed by atoms with E-state index in [2.05, 4.69) is 26.0 Å². The van der Waals surface area contributed by atoms with Gasteiger partial charge in [-0.3, -0.25) is 9.91 Å². The zero-order valence-electron chi connectivity index (χ0n) is 23.8. The number of carbonyl (C=O) groups excluding carboxylic acids is 2. The van der Waals surface area contributed by atoms with Gasteiger partial charge in [-0.05, 0) is 58.2 Å². The van der Waals surface area contributed by atoms with Gasteiger partial charge in [-0.1, -0.05) is 25.4 Å². The number of nitrogens with zero attached hydrogens (tertiary/aromatic N) is 4. The summed E-state index contributed by atoms with van der Waals surface area (Å²) in [4.78, 5) is 35.8. The second-order valence-electron chi connectivity index (χ2n) is 10.0. The van der Waals surface area contributed by atoms with E-state index >= 15 is 0 Å². The Hall–Kier alpha value is -3.64. The van der Waals surface area contributed by atoms with Crippen LogP contribution in [0.15, 0.2) is 18.2 Å². The maximum atomic E-state index is 13.0.